The van der Waals surface area contributed by atoms with Gasteiger partial charge in [0.2, 0.25) is 11.7 Å². The number of nitriles is 1. The summed E-state index contributed by atoms with van der Waals surface area (Å²) in [6, 6.07) is 14.7. The topological polar surface area (TPSA) is 169 Å². The Kier molecular flexibility index (Phi) is 6.02. The van der Waals surface area contributed by atoms with E-state index in [1.807, 2.05) is 35.9 Å². The minimum atomic E-state index is -4.03. The average molecular weight is 506 g/mol. The summed E-state index contributed by atoms with van der Waals surface area (Å²) < 4.78 is 26.2. The van der Waals surface area contributed by atoms with E-state index >= 15 is 0 Å². The van der Waals surface area contributed by atoms with E-state index in [1.54, 1.807) is 0 Å². The zero-order valence-corrected chi connectivity index (χ0v) is 20.3. The van der Waals surface area contributed by atoms with Crippen molar-refractivity contribution in [3.05, 3.63) is 70.1 Å². The molecule has 35 heavy (non-hydrogen) atoms. The lowest BCUT2D eigenvalue weighted by atomic mass is 9.96. The van der Waals surface area contributed by atoms with E-state index in [4.69, 9.17) is 11.5 Å². The smallest absolute Gasteiger partial charge is 0.264 e. The highest BCUT2D eigenvalue weighted by atomic mass is 32.2. The second kappa shape index (κ2) is 8.83. The van der Waals surface area contributed by atoms with Crippen LogP contribution in [0.25, 0.3) is 21.3 Å². The second-order valence-electron chi connectivity index (χ2n) is 7.77. The zero-order chi connectivity index (χ0) is 25.5. The van der Waals surface area contributed by atoms with Gasteiger partial charge in [0, 0.05) is 23.4 Å². The Morgan fingerprint density at radius 3 is 2.26 bits per heavy atom. The van der Waals surface area contributed by atoms with E-state index in [0.717, 1.165) is 23.8 Å². The number of aryl methyl sites for hydroxylation is 1. The Hall–Kier alpha value is -4.27. The van der Waals surface area contributed by atoms with Crippen LogP contribution < -0.4 is 16.2 Å². The van der Waals surface area contributed by atoms with Crippen LogP contribution in [0.1, 0.15) is 33.3 Å². The summed E-state index contributed by atoms with van der Waals surface area (Å²) in [4.78, 5) is 29.2. The van der Waals surface area contributed by atoms with Crippen molar-refractivity contribution in [1.29, 1.82) is 5.26 Å². The number of pyridine rings is 1. The molecule has 0 unspecified atom stereocenters. The number of nitrogens with one attached hydrogen (secondary N) is 1. The predicted octanol–water partition coefficient (Wildman–Crippen LogP) is 3.36. The number of nitrogen functional groups attached to an aromatic ring is 2. The maximum atomic E-state index is 13.3. The number of benzene rings is 2. The highest BCUT2D eigenvalue weighted by Gasteiger charge is 2.25. The third-order valence-electron chi connectivity index (χ3n) is 5.27. The Labute approximate surface area is 205 Å². The van der Waals surface area contributed by atoms with Crippen molar-refractivity contribution in [2.24, 2.45) is 0 Å². The molecular formula is C24H19N5O4S2. The van der Waals surface area contributed by atoms with Crippen molar-refractivity contribution in [2.75, 3.05) is 11.5 Å². The molecule has 0 spiro atoms. The Morgan fingerprint density at radius 2 is 1.69 bits per heavy atom. The molecule has 0 saturated heterocycles. The van der Waals surface area contributed by atoms with Gasteiger partial charge in [0.15, 0.2) is 0 Å². The van der Waals surface area contributed by atoms with E-state index in [-0.39, 0.29) is 32.4 Å². The number of anilines is 2. The van der Waals surface area contributed by atoms with Crippen LogP contribution in [0.4, 0.5) is 11.5 Å². The van der Waals surface area contributed by atoms with Crippen LogP contribution >= 0.6 is 11.3 Å². The van der Waals surface area contributed by atoms with Gasteiger partial charge in [-0.25, -0.2) is 18.1 Å². The van der Waals surface area contributed by atoms with Crippen LogP contribution in [0.5, 0.6) is 0 Å². The fourth-order valence-electron chi connectivity index (χ4n) is 3.63. The summed E-state index contributed by atoms with van der Waals surface area (Å²) in [5.41, 5.74) is 15.2. The molecule has 0 aliphatic heterocycles. The summed E-state index contributed by atoms with van der Waals surface area (Å²) in [6.07, 6.45) is 0. The van der Waals surface area contributed by atoms with Crippen molar-refractivity contribution in [1.82, 2.24) is 9.71 Å². The van der Waals surface area contributed by atoms with Crippen LogP contribution in [0.3, 0.4) is 0 Å². The van der Waals surface area contributed by atoms with E-state index in [2.05, 4.69) is 11.1 Å². The molecule has 4 rings (SSSR count). The largest absolute Gasteiger partial charge is 0.397 e. The molecule has 0 atom stereocenters. The van der Waals surface area contributed by atoms with Gasteiger partial charge in [-0.3, -0.25) is 9.59 Å². The maximum absolute atomic E-state index is 13.3. The molecule has 0 saturated carbocycles. The third kappa shape index (κ3) is 4.32. The van der Waals surface area contributed by atoms with E-state index in [0.29, 0.717) is 21.3 Å². The SMILES string of the molecule is CC(=O)NS(=O)(=O)c1ccc(C(=O)c2sc3nc(N)c(C#N)c(-c4ccc(C)cc4)c3c2N)cc1. The molecule has 0 aliphatic carbocycles. The van der Waals surface area contributed by atoms with Gasteiger partial charge in [-0.2, -0.15) is 5.26 Å². The van der Waals surface area contributed by atoms with E-state index in [9.17, 15) is 23.3 Å². The maximum Gasteiger partial charge on any atom is 0.264 e. The van der Waals surface area contributed by atoms with Crippen molar-refractivity contribution < 1.29 is 18.0 Å². The third-order valence-corrected chi connectivity index (χ3v) is 7.82. The van der Waals surface area contributed by atoms with Gasteiger partial charge in [-0.05, 0) is 36.8 Å². The first-order chi connectivity index (χ1) is 16.5. The van der Waals surface area contributed by atoms with E-state index < -0.39 is 21.7 Å². The lowest BCUT2D eigenvalue weighted by Gasteiger charge is -2.10. The molecule has 176 valence electrons. The number of thiophene rings is 1. The lowest BCUT2D eigenvalue weighted by Crippen LogP contribution is -2.28. The normalized spacial score (nSPS) is 11.2. The molecule has 2 aromatic heterocycles. The highest BCUT2D eigenvalue weighted by molar-refractivity contribution is 7.90. The lowest BCUT2D eigenvalue weighted by molar-refractivity contribution is -0.117. The number of hydrogen-bond donors (Lipinski definition) is 3. The summed E-state index contributed by atoms with van der Waals surface area (Å²) in [7, 11) is -4.03. The van der Waals surface area contributed by atoms with Crippen molar-refractivity contribution >= 4 is 54.8 Å². The molecular weight excluding hydrogens is 486 g/mol. The number of carbonyl (C=O) groups is 2. The molecule has 2 heterocycles. The van der Waals surface area contributed by atoms with Gasteiger partial charge in [0.05, 0.1) is 10.6 Å². The van der Waals surface area contributed by atoms with Crippen LogP contribution in [-0.4, -0.2) is 25.1 Å². The van der Waals surface area contributed by atoms with Crippen LogP contribution in [0, 0.1) is 18.3 Å². The molecule has 4 aromatic rings. The number of carbonyl (C=O) groups excluding carboxylic acids is 2. The van der Waals surface area contributed by atoms with Crippen LogP contribution in [0.15, 0.2) is 53.4 Å². The minimum Gasteiger partial charge on any atom is -0.397 e. The van der Waals surface area contributed by atoms with Crippen LogP contribution in [0.2, 0.25) is 0 Å². The number of nitrogens with zero attached hydrogens (tertiary/aromatic N) is 2. The quantitative estimate of drug-likeness (QED) is 0.347. The molecule has 11 heteroatoms. The van der Waals surface area contributed by atoms with Gasteiger partial charge >= 0.3 is 0 Å². The number of amides is 1. The summed E-state index contributed by atoms with van der Waals surface area (Å²) in [5.74, 6) is -1.14. The minimum absolute atomic E-state index is 0.0309. The number of rotatable bonds is 5. The Balaban J connectivity index is 1.84. The first-order valence-electron chi connectivity index (χ1n) is 10.2. The fourth-order valence-corrected chi connectivity index (χ4v) is 5.69. The summed E-state index contributed by atoms with van der Waals surface area (Å²) in [6.45, 7) is 3.02. The Morgan fingerprint density at radius 1 is 1.06 bits per heavy atom. The second-order valence-corrected chi connectivity index (χ2v) is 10.4. The molecule has 0 fully saturated rings. The van der Waals surface area contributed by atoms with Crippen molar-refractivity contribution in [3.8, 4) is 17.2 Å². The van der Waals surface area contributed by atoms with Crippen molar-refractivity contribution in [3.63, 3.8) is 0 Å². The summed E-state index contributed by atoms with van der Waals surface area (Å²) in [5, 5.41) is 10.2. The molecule has 0 radical (unpaired) electrons. The fraction of sp³-hybridized carbons (Fsp3) is 0.0833. The number of fused-ring (bicyclic) bond motifs is 1. The molecule has 9 nitrogen and oxygen atoms in total. The first-order valence-corrected chi connectivity index (χ1v) is 12.5. The van der Waals surface area contributed by atoms with Gasteiger partial charge in [0.25, 0.3) is 10.0 Å². The van der Waals surface area contributed by atoms with Gasteiger partial charge < -0.3 is 11.5 Å². The first kappa shape index (κ1) is 23.9. The molecule has 5 N–H and O–H groups in total. The number of aromatic nitrogens is 1. The van der Waals surface area contributed by atoms with Gasteiger partial charge in [-0.15, -0.1) is 11.3 Å². The highest BCUT2D eigenvalue weighted by Crippen LogP contribution is 2.43. The predicted molar refractivity (Wildman–Crippen MR) is 134 cm³/mol. The monoisotopic (exact) mass is 505 g/mol. The number of hydrogen-bond acceptors (Lipinski definition) is 9. The number of nitrogens with two attached hydrogens (primary N) is 2. The summed E-state index contributed by atoms with van der Waals surface area (Å²) >= 11 is 1.04. The zero-order valence-electron chi connectivity index (χ0n) is 18.6. The standard InChI is InChI=1S/C24H19N5O4S2/c1-12-3-5-14(6-4-12)18-17(11-25)23(27)28-24-19(18)20(26)22(34-24)21(31)15-7-9-16(10-8-15)35(32,33)29-13(2)30/h3-10H,26H2,1-2H3,(H2,27,28)(H,29,30). The van der Waals surface area contributed by atoms with Gasteiger partial charge in [-0.1, -0.05) is 29.8 Å². The molecule has 2 aromatic carbocycles. The number of ketones is 1. The van der Waals surface area contributed by atoms with Crippen LogP contribution in [-0.2, 0) is 14.8 Å². The average Bonchev–Trinajstić information content (AvgIpc) is 3.13. The molecule has 1 amide bonds. The van der Waals surface area contributed by atoms with E-state index in [1.165, 1.54) is 24.3 Å². The molecule has 0 aliphatic rings. The Bertz CT molecular complexity index is 1650. The number of sulfonamides is 1. The van der Waals surface area contributed by atoms with Gasteiger partial charge in [0.1, 0.15) is 27.2 Å². The van der Waals surface area contributed by atoms with Crippen molar-refractivity contribution in [2.45, 2.75) is 18.7 Å². The molecule has 0 bridgehead atoms.